The fourth-order valence-electron chi connectivity index (χ4n) is 2.99. The van der Waals surface area contributed by atoms with Crippen molar-refractivity contribution in [2.24, 2.45) is 0 Å². The largest absolute Gasteiger partial charge is 0.486 e. The number of rotatable bonds is 5. The van der Waals surface area contributed by atoms with Crippen LogP contribution >= 0.6 is 0 Å². The molecule has 2 N–H and O–H groups in total. The van der Waals surface area contributed by atoms with Gasteiger partial charge in [0.1, 0.15) is 30.5 Å². The average Bonchev–Trinajstić information content (AvgIpc) is 2.73. The van der Waals surface area contributed by atoms with E-state index in [0.29, 0.717) is 54.3 Å². The summed E-state index contributed by atoms with van der Waals surface area (Å²) in [5.41, 5.74) is 3.25. The summed E-state index contributed by atoms with van der Waals surface area (Å²) in [5, 5.41) is 6.10. The summed E-state index contributed by atoms with van der Waals surface area (Å²) in [4.78, 5) is 21.3. The number of anilines is 2. The Morgan fingerprint density at radius 1 is 0.966 bits per heavy atom. The van der Waals surface area contributed by atoms with Gasteiger partial charge in [0.2, 0.25) is 0 Å². The highest BCUT2D eigenvalue weighted by atomic mass is 16.6. The van der Waals surface area contributed by atoms with Crippen LogP contribution in [0, 0.1) is 13.8 Å². The number of ether oxygens (including phenoxy) is 2. The molecular weight excluding hydrogens is 368 g/mol. The average molecular weight is 390 g/mol. The molecule has 7 heteroatoms. The molecule has 0 fully saturated rings. The van der Waals surface area contributed by atoms with E-state index in [1.54, 1.807) is 31.2 Å². The number of benzene rings is 2. The van der Waals surface area contributed by atoms with Crippen molar-refractivity contribution >= 4 is 17.4 Å². The van der Waals surface area contributed by atoms with Crippen LogP contribution in [-0.2, 0) is 6.54 Å². The van der Waals surface area contributed by atoms with E-state index in [0.717, 1.165) is 5.56 Å². The Labute approximate surface area is 169 Å². The SMILES string of the molecule is Cc1ccc(CNc2cc(C(=O)Nc3ccc4c(c3)OCCO4)nc(C)n2)cc1. The van der Waals surface area contributed by atoms with Crippen LogP contribution in [0.5, 0.6) is 11.5 Å². The number of aromatic nitrogens is 2. The minimum absolute atomic E-state index is 0.291. The van der Waals surface area contributed by atoms with Gasteiger partial charge in [0.05, 0.1) is 0 Å². The van der Waals surface area contributed by atoms with Crippen LogP contribution in [0.4, 0.5) is 11.5 Å². The Hall–Kier alpha value is -3.61. The van der Waals surface area contributed by atoms with Gasteiger partial charge in [0.15, 0.2) is 11.5 Å². The molecule has 1 amide bonds. The third-order valence-corrected chi connectivity index (χ3v) is 4.46. The van der Waals surface area contributed by atoms with Crippen molar-refractivity contribution in [1.82, 2.24) is 9.97 Å². The predicted molar refractivity (Wildman–Crippen MR) is 111 cm³/mol. The quantitative estimate of drug-likeness (QED) is 0.691. The Balaban J connectivity index is 1.46. The molecular formula is C22H22N4O3. The van der Waals surface area contributed by atoms with Crippen LogP contribution in [0.15, 0.2) is 48.5 Å². The molecule has 2 heterocycles. The van der Waals surface area contributed by atoms with Gasteiger partial charge in [-0.15, -0.1) is 0 Å². The lowest BCUT2D eigenvalue weighted by Gasteiger charge is -2.19. The first-order chi connectivity index (χ1) is 14.1. The zero-order valence-electron chi connectivity index (χ0n) is 16.4. The molecule has 0 saturated carbocycles. The van der Waals surface area contributed by atoms with E-state index >= 15 is 0 Å². The Kier molecular flexibility index (Phi) is 5.29. The van der Waals surface area contributed by atoms with Gasteiger partial charge >= 0.3 is 0 Å². The fourth-order valence-corrected chi connectivity index (χ4v) is 2.99. The molecule has 0 spiro atoms. The molecule has 0 atom stereocenters. The van der Waals surface area contributed by atoms with E-state index in [4.69, 9.17) is 9.47 Å². The van der Waals surface area contributed by atoms with Gasteiger partial charge in [0, 0.05) is 24.4 Å². The molecule has 0 radical (unpaired) electrons. The number of carbonyl (C=O) groups excluding carboxylic acids is 1. The molecule has 1 aliphatic rings. The molecule has 29 heavy (non-hydrogen) atoms. The van der Waals surface area contributed by atoms with Gasteiger partial charge in [-0.2, -0.15) is 0 Å². The zero-order valence-corrected chi connectivity index (χ0v) is 16.4. The van der Waals surface area contributed by atoms with Gasteiger partial charge in [-0.25, -0.2) is 9.97 Å². The van der Waals surface area contributed by atoms with Crippen molar-refractivity contribution in [3.05, 3.63) is 71.2 Å². The second-order valence-electron chi connectivity index (χ2n) is 6.84. The molecule has 0 aliphatic carbocycles. The van der Waals surface area contributed by atoms with Crippen LogP contribution in [0.3, 0.4) is 0 Å². The topological polar surface area (TPSA) is 85.4 Å². The molecule has 7 nitrogen and oxygen atoms in total. The lowest BCUT2D eigenvalue weighted by molar-refractivity contribution is 0.102. The first-order valence-electron chi connectivity index (χ1n) is 9.43. The molecule has 0 saturated heterocycles. The lowest BCUT2D eigenvalue weighted by Crippen LogP contribution is -2.17. The maximum absolute atomic E-state index is 12.7. The monoisotopic (exact) mass is 390 g/mol. The van der Waals surface area contributed by atoms with Gasteiger partial charge in [-0.3, -0.25) is 4.79 Å². The summed E-state index contributed by atoms with van der Waals surface area (Å²) in [6.45, 7) is 5.44. The Bertz CT molecular complexity index is 1030. The standard InChI is InChI=1S/C22H22N4O3/c1-14-3-5-16(6-4-14)13-23-21-12-18(24-15(2)25-21)22(27)26-17-7-8-19-20(11-17)29-10-9-28-19/h3-8,11-12H,9-10,13H2,1-2H3,(H,26,27)(H,23,24,25). The smallest absolute Gasteiger partial charge is 0.274 e. The van der Waals surface area contributed by atoms with Gasteiger partial charge in [-0.1, -0.05) is 29.8 Å². The number of carbonyl (C=O) groups is 1. The normalized spacial score (nSPS) is 12.3. The Morgan fingerprint density at radius 2 is 1.72 bits per heavy atom. The van der Waals surface area contributed by atoms with Crippen LogP contribution in [0.2, 0.25) is 0 Å². The third kappa shape index (κ3) is 4.63. The van der Waals surface area contributed by atoms with E-state index in [9.17, 15) is 4.79 Å². The van der Waals surface area contributed by atoms with E-state index in [-0.39, 0.29) is 5.91 Å². The van der Waals surface area contributed by atoms with Crippen molar-refractivity contribution in [1.29, 1.82) is 0 Å². The molecule has 3 aromatic rings. The van der Waals surface area contributed by atoms with E-state index < -0.39 is 0 Å². The molecule has 0 bridgehead atoms. The number of aryl methyl sites for hydroxylation is 2. The number of hydrogen-bond acceptors (Lipinski definition) is 6. The highest BCUT2D eigenvalue weighted by molar-refractivity contribution is 6.03. The predicted octanol–water partition coefficient (Wildman–Crippen LogP) is 3.73. The van der Waals surface area contributed by atoms with Crippen molar-refractivity contribution in [2.75, 3.05) is 23.8 Å². The van der Waals surface area contributed by atoms with Crippen LogP contribution < -0.4 is 20.1 Å². The summed E-state index contributed by atoms with van der Waals surface area (Å²) in [7, 11) is 0. The first kappa shape index (κ1) is 18.7. The minimum atomic E-state index is -0.314. The van der Waals surface area contributed by atoms with Gasteiger partial charge in [-0.05, 0) is 31.5 Å². The second kappa shape index (κ2) is 8.18. The third-order valence-electron chi connectivity index (χ3n) is 4.46. The molecule has 148 valence electrons. The molecule has 0 unspecified atom stereocenters. The molecule has 2 aromatic carbocycles. The van der Waals surface area contributed by atoms with E-state index in [1.807, 2.05) is 0 Å². The lowest BCUT2D eigenvalue weighted by atomic mass is 10.1. The van der Waals surface area contributed by atoms with Gasteiger partial charge in [0.25, 0.3) is 5.91 Å². The number of amides is 1. The minimum Gasteiger partial charge on any atom is -0.486 e. The maximum Gasteiger partial charge on any atom is 0.274 e. The van der Waals surface area contributed by atoms with E-state index in [2.05, 4.69) is 51.8 Å². The number of nitrogens with one attached hydrogen (secondary N) is 2. The first-order valence-corrected chi connectivity index (χ1v) is 9.43. The second-order valence-corrected chi connectivity index (χ2v) is 6.84. The number of nitrogens with zero attached hydrogens (tertiary/aromatic N) is 2. The van der Waals surface area contributed by atoms with Crippen molar-refractivity contribution in [3.8, 4) is 11.5 Å². The fraction of sp³-hybridized carbons (Fsp3) is 0.227. The van der Waals surface area contributed by atoms with Crippen molar-refractivity contribution < 1.29 is 14.3 Å². The number of hydrogen-bond donors (Lipinski definition) is 2. The van der Waals surface area contributed by atoms with Crippen LogP contribution in [0.25, 0.3) is 0 Å². The van der Waals surface area contributed by atoms with Crippen molar-refractivity contribution in [3.63, 3.8) is 0 Å². The Morgan fingerprint density at radius 3 is 2.52 bits per heavy atom. The van der Waals surface area contributed by atoms with Crippen LogP contribution in [-0.4, -0.2) is 29.1 Å². The van der Waals surface area contributed by atoms with E-state index in [1.165, 1.54) is 5.56 Å². The highest BCUT2D eigenvalue weighted by Crippen LogP contribution is 2.32. The maximum atomic E-state index is 12.7. The summed E-state index contributed by atoms with van der Waals surface area (Å²) in [6, 6.07) is 15.2. The molecule has 1 aromatic heterocycles. The highest BCUT2D eigenvalue weighted by Gasteiger charge is 2.15. The summed E-state index contributed by atoms with van der Waals surface area (Å²) >= 11 is 0. The van der Waals surface area contributed by atoms with Crippen molar-refractivity contribution in [2.45, 2.75) is 20.4 Å². The van der Waals surface area contributed by atoms with Gasteiger partial charge < -0.3 is 20.1 Å². The summed E-state index contributed by atoms with van der Waals surface area (Å²) < 4.78 is 11.1. The summed E-state index contributed by atoms with van der Waals surface area (Å²) in [5.74, 6) is 2.10. The zero-order chi connectivity index (χ0) is 20.2. The van der Waals surface area contributed by atoms with Crippen LogP contribution in [0.1, 0.15) is 27.4 Å². The molecule has 1 aliphatic heterocycles. The molecule has 4 rings (SSSR count). The summed E-state index contributed by atoms with van der Waals surface area (Å²) in [6.07, 6.45) is 0. The number of fused-ring (bicyclic) bond motifs is 1.